The van der Waals surface area contributed by atoms with Crippen LogP contribution in [0.15, 0.2) is 164 Å². The summed E-state index contributed by atoms with van der Waals surface area (Å²) in [6.45, 7) is 0. The van der Waals surface area contributed by atoms with Gasteiger partial charge in [0.05, 0.1) is 0 Å². The normalized spacial score (nSPS) is 13.9. The maximum atomic E-state index is 16.4. The molecule has 1 unspecified atom stereocenters. The van der Waals surface area contributed by atoms with E-state index in [9.17, 15) is 0 Å². The van der Waals surface area contributed by atoms with Gasteiger partial charge in [-0.05, 0) is 45.7 Å². The molecule has 1 atom stereocenters. The topological polar surface area (TPSA) is 26.3 Å². The highest BCUT2D eigenvalue weighted by Crippen LogP contribution is 2.56. The van der Waals surface area contributed by atoms with Crippen molar-refractivity contribution in [3.05, 3.63) is 180 Å². The fourth-order valence-corrected chi connectivity index (χ4v) is 9.97. The van der Waals surface area contributed by atoms with Gasteiger partial charge in [-0.1, -0.05) is 157 Å². The van der Waals surface area contributed by atoms with Gasteiger partial charge in [-0.3, -0.25) is 0 Å². The molecule has 0 saturated heterocycles. The highest BCUT2D eigenvalue weighted by Gasteiger charge is 2.41. The lowest BCUT2D eigenvalue weighted by Crippen LogP contribution is -2.32. The van der Waals surface area contributed by atoms with Crippen molar-refractivity contribution in [2.45, 2.75) is 6.10 Å². The molecule has 0 radical (unpaired) electrons. The van der Waals surface area contributed by atoms with Crippen molar-refractivity contribution in [3.63, 3.8) is 0 Å². The van der Waals surface area contributed by atoms with Crippen LogP contribution in [0.3, 0.4) is 0 Å². The van der Waals surface area contributed by atoms with E-state index in [0.29, 0.717) is 5.02 Å². The second-order valence-electron chi connectivity index (χ2n) is 11.2. The largest absolute Gasteiger partial charge is 0.480 e. The maximum Gasteiger partial charge on any atom is 0.172 e. The van der Waals surface area contributed by atoms with Crippen LogP contribution in [0, 0.1) is 0 Å². The third-order valence-corrected chi connectivity index (χ3v) is 12.1. The number of benzene rings is 7. The van der Waals surface area contributed by atoms with Crippen molar-refractivity contribution in [1.29, 1.82) is 0 Å². The predicted molar refractivity (Wildman–Crippen MR) is 188 cm³/mol. The minimum Gasteiger partial charge on any atom is -0.480 e. The first-order valence-electron chi connectivity index (χ1n) is 15.0. The van der Waals surface area contributed by atoms with Gasteiger partial charge in [-0.2, -0.15) is 0 Å². The molecule has 0 saturated carbocycles. The van der Waals surface area contributed by atoms with E-state index in [1.165, 1.54) is 0 Å². The van der Waals surface area contributed by atoms with Crippen molar-refractivity contribution in [2.75, 3.05) is 0 Å². The summed E-state index contributed by atoms with van der Waals surface area (Å²) in [6.07, 6.45) is -0.498. The van der Waals surface area contributed by atoms with Crippen LogP contribution in [0.4, 0.5) is 0 Å². The molecule has 7 aromatic rings. The van der Waals surface area contributed by atoms with Crippen LogP contribution in [0.2, 0.25) is 5.02 Å². The number of ether oxygens (including phenoxy) is 1. The average Bonchev–Trinajstić information content (AvgIpc) is 3.11. The zero-order valence-electron chi connectivity index (χ0n) is 24.3. The van der Waals surface area contributed by atoms with E-state index in [0.717, 1.165) is 65.8 Å². The highest BCUT2D eigenvalue weighted by atomic mass is 35.5. The zero-order chi connectivity index (χ0) is 30.4. The minimum absolute atomic E-state index is 0.498. The molecule has 1 heterocycles. The van der Waals surface area contributed by atoms with E-state index in [2.05, 4.69) is 48.5 Å². The van der Waals surface area contributed by atoms with Crippen molar-refractivity contribution in [3.8, 4) is 28.0 Å². The van der Waals surface area contributed by atoms with E-state index in [-0.39, 0.29) is 0 Å². The average molecular weight is 619 g/mol. The number of fused-ring (bicyclic) bond motifs is 4. The van der Waals surface area contributed by atoms with Crippen LogP contribution in [0.5, 0.6) is 5.75 Å². The Bertz CT molecular complexity index is 2170. The number of hydrogen-bond acceptors (Lipinski definition) is 2. The van der Waals surface area contributed by atoms with Gasteiger partial charge in [-0.25, -0.2) is 0 Å². The van der Waals surface area contributed by atoms with Crippen LogP contribution in [0.25, 0.3) is 33.0 Å². The van der Waals surface area contributed by atoms with Crippen LogP contribution in [-0.4, -0.2) is 0 Å². The molecule has 1 aliphatic heterocycles. The Labute approximate surface area is 267 Å². The molecule has 2 nitrogen and oxygen atoms in total. The van der Waals surface area contributed by atoms with Crippen molar-refractivity contribution >= 4 is 45.4 Å². The molecule has 0 fully saturated rings. The number of para-hydroxylation sites is 1. The molecule has 8 rings (SSSR count). The summed E-state index contributed by atoms with van der Waals surface area (Å²) in [6, 6.07) is 54.7. The third kappa shape index (κ3) is 4.53. The molecular weight excluding hydrogens is 591 g/mol. The predicted octanol–water partition coefficient (Wildman–Crippen LogP) is 9.95. The monoisotopic (exact) mass is 618 g/mol. The molecule has 0 bridgehead atoms. The summed E-state index contributed by atoms with van der Waals surface area (Å²) >= 11 is 6.41. The van der Waals surface area contributed by atoms with Crippen molar-refractivity contribution in [2.24, 2.45) is 0 Å². The van der Waals surface area contributed by atoms with Gasteiger partial charge in [0.25, 0.3) is 0 Å². The first kappa shape index (κ1) is 27.7. The Morgan fingerprint density at radius 1 is 0.533 bits per heavy atom. The Balaban J connectivity index is 1.63. The van der Waals surface area contributed by atoms with Crippen LogP contribution in [-0.2, 0) is 4.57 Å². The van der Waals surface area contributed by atoms with Gasteiger partial charge in [0.2, 0.25) is 0 Å². The summed E-state index contributed by atoms with van der Waals surface area (Å²) < 4.78 is 23.4. The van der Waals surface area contributed by atoms with Gasteiger partial charge in [0, 0.05) is 37.6 Å². The second kappa shape index (κ2) is 11.2. The quantitative estimate of drug-likeness (QED) is 0.179. The van der Waals surface area contributed by atoms with Gasteiger partial charge in [0.15, 0.2) is 13.2 Å². The summed E-state index contributed by atoms with van der Waals surface area (Å²) in [4.78, 5) is 0. The lowest BCUT2D eigenvalue weighted by molar-refractivity contribution is 0.245. The summed E-state index contributed by atoms with van der Waals surface area (Å²) in [7, 11) is -3.47. The smallest absolute Gasteiger partial charge is 0.172 e. The first-order valence-corrected chi connectivity index (χ1v) is 17.1. The van der Waals surface area contributed by atoms with E-state index >= 15 is 4.57 Å². The molecule has 4 heteroatoms. The highest BCUT2D eigenvalue weighted by molar-refractivity contribution is 7.85. The molecule has 0 aromatic heterocycles. The van der Waals surface area contributed by atoms with E-state index in [4.69, 9.17) is 16.3 Å². The first-order chi connectivity index (χ1) is 22.1. The van der Waals surface area contributed by atoms with Crippen LogP contribution < -0.4 is 20.7 Å². The fourth-order valence-electron chi connectivity index (χ4n) is 6.74. The summed E-state index contributed by atoms with van der Waals surface area (Å²) in [5.74, 6) is 0.796. The van der Waals surface area contributed by atoms with Crippen molar-refractivity contribution in [1.82, 2.24) is 0 Å². The van der Waals surface area contributed by atoms with E-state index in [1.807, 2.05) is 115 Å². The van der Waals surface area contributed by atoms with Crippen LogP contribution in [0.1, 0.15) is 17.2 Å². The van der Waals surface area contributed by atoms with Gasteiger partial charge < -0.3 is 9.30 Å². The second-order valence-corrected chi connectivity index (χ2v) is 14.4. The Morgan fingerprint density at radius 3 is 1.71 bits per heavy atom. The van der Waals surface area contributed by atoms with Gasteiger partial charge in [-0.15, -0.1) is 0 Å². The maximum absolute atomic E-state index is 16.4. The molecule has 0 spiro atoms. The van der Waals surface area contributed by atoms with Crippen LogP contribution >= 0.6 is 18.7 Å². The molecule has 1 aliphatic rings. The molecule has 0 amide bonds. The standard InChI is InChI=1S/C41H28ClO2P/c42-30-26-24-28(25-27-30)37-33-20-10-11-21-34(33)41(45(43,31-16-6-2-7-17-31)32-18-8-3-9-19-32)39-38(37)35-22-12-13-23-36(35)44-40(39)29-14-4-1-5-15-29/h1-27,40H. The Morgan fingerprint density at radius 2 is 1.07 bits per heavy atom. The third-order valence-electron chi connectivity index (χ3n) is 8.68. The SMILES string of the molecule is O=P(c1ccccc1)(c1ccccc1)c1c2c(c(-c3ccc(Cl)cc3)c3ccccc13)-c1ccccc1OC2c1ccccc1. The Hall–Kier alpha value is -4.88. The summed E-state index contributed by atoms with van der Waals surface area (Å²) in [5, 5.41) is 5.04. The molecule has 216 valence electrons. The molecule has 0 aliphatic carbocycles. The Kier molecular flexibility index (Phi) is 6.91. The molecule has 0 N–H and O–H groups in total. The summed E-state index contributed by atoms with van der Waals surface area (Å²) in [5.41, 5.74) is 6.05. The zero-order valence-corrected chi connectivity index (χ0v) is 26.0. The lowest BCUT2D eigenvalue weighted by atomic mass is 9.81. The molecule has 45 heavy (non-hydrogen) atoms. The van der Waals surface area contributed by atoms with Gasteiger partial charge >= 0.3 is 0 Å². The fraction of sp³-hybridized carbons (Fsp3) is 0.0244. The lowest BCUT2D eigenvalue weighted by Gasteiger charge is -2.36. The van der Waals surface area contributed by atoms with Crippen molar-refractivity contribution < 1.29 is 9.30 Å². The van der Waals surface area contributed by atoms with E-state index in [1.54, 1.807) is 0 Å². The number of halogens is 1. The molecule has 7 aromatic carbocycles. The number of hydrogen-bond donors (Lipinski definition) is 0. The minimum atomic E-state index is -3.47. The van der Waals surface area contributed by atoms with E-state index < -0.39 is 13.2 Å². The number of rotatable bonds is 5. The van der Waals surface area contributed by atoms with Gasteiger partial charge in [0.1, 0.15) is 5.75 Å². The molecular formula is C41H28ClO2P.